The van der Waals surface area contributed by atoms with Gasteiger partial charge in [0, 0.05) is 29.5 Å². The lowest BCUT2D eigenvalue weighted by atomic mass is 10.2. The summed E-state index contributed by atoms with van der Waals surface area (Å²) in [6.07, 6.45) is 2.58. The molecule has 4 rings (SSSR count). The van der Waals surface area contributed by atoms with E-state index in [4.69, 9.17) is 4.74 Å². The quantitative estimate of drug-likeness (QED) is 0.358. The van der Waals surface area contributed by atoms with Gasteiger partial charge in [0.25, 0.3) is 10.0 Å². The molecule has 1 aromatic heterocycles. The molecule has 3 aromatic rings. The van der Waals surface area contributed by atoms with E-state index in [1.807, 2.05) is 36.6 Å². The fourth-order valence-corrected chi connectivity index (χ4v) is 5.49. The minimum Gasteiger partial charge on any atom is -0.459 e. The number of aryl methyl sites for hydroxylation is 1. The number of hydrogen-bond acceptors (Lipinski definition) is 7. The highest BCUT2D eigenvalue weighted by Crippen LogP contribution is 2.24. The predicted octanol–water partition coefficient (Wildman–Crippen LogP) is 4.46. The number of rotatable bonds is 9. The molecule has 0 amide bonds. The smallest absolute Gasteiger partial charge is 0.306 e. The Morgan fingerprint density at radius 3 is 2.70 bits per heavy atom. The summed E-state index contributed by atoms with van der Waals surface area (Å²) < 4.78 is 32.0. The number of aromatic nitrogens is 1. The minimum absolute atomic E-state index is 0.175. The molecule has 1 aliphatic rings. The normalized spacial score (nSPS) is 15.2. The van der Waals surface area contributed by atoms with Gasteiger partial charge >= 0.3 is 5.97 Å². The van der Waals surface area contributed by atoms with Crippen LogP contribution in [0.5, 0.6) is 0 Å². The maximum atomic E-state index is 12.1. The van der Waals surface area contributed by atoms with Crippen LogP contribution in [0.1, 0.15) is 42.5 Å². The molecular formula is C24H25N3O4S2. The lowest BCUT2D eigenvalue weighted by Crippen LogP contribution is -2.22. The Labute approximate surface area is 197 Å². The summed E-state index contributed by atoms with van der Waals surface area (Å²) >= 11 is 1.54. The molecule has 7 nitrogen and oxygen atoms in total. The van der Waals surface area contributed by atoms with Crippen LogP contribution in [-0.4, -0.2) is 31.8 Å². The SMILES string of the molecule is Cc1ccc(-c2nc(COC(=O)CCCCCN=C3NS(=O)(=O)c4ccccc43)cs2)cc1. The number of unbranched alkanes of at least 4 members (excludes halogenated alkanes) is 2. The number of benzene rings is 2. The first-order valence-corrected chi connectivity index (χ1v) is 13.1. The number of hydrogen-bond donors (Lipinski definition) is 1. The van der Waals surface area contributed by atoms with Gasteiger partial charge in [-0.2, -0.15) is 0 Å². The summed E-state index contributed by atoms with van der Waals surface area (Å²) in [5, 5.41) is 2.83. The Bertz CT molecular complexity index is 1260. The standard InChI is InChI=1S/C24H25N3O4S2/c1-17-10-12-18(13-11-17)24-26-19(16-32-24)15-31-22(28)9-3-2-6-14-25-23-20-7-4-5-8-21(20)33(29,30)27-23/h4-5,7-8,10-13,16H,2-3,6,9,14-15H2,1H3,(H,25,27). The number of fused-ring (bicyclic) bond motifs is 1. The van der Waals surface area contributed by atoms with Crippen molar-refractivity contribution >= 4 is 33.2 Å². The molecule has 172 valence electrons. The molecule has 0 spiro atoms. The van der Waals surface area contributed by atoms with E-state index in [1.165, 1.54) is 16.9 Å². The number of aliphatic imine (C=N–C) groups is 1. The third kappa shape index (κ3) is 5.85. The number of ether oxygens (including phenoxy) is 1. The zero-order valence-corrected chi connectivity index (χ0v) is 19.9. The average Bonchev–Trinajstić information content (AvgIpc) is 3.38. The minimum atomic E-state index is -3.51. The van der Waals surface area contributed by atoms with Crippen molar-refractivity contribution in [2.45, 2.75) is 44.1 Å². The van der Waals surface area contributed by atoms with Crippen molar-refractivity contribution in [3.63, 3.8) is 0 Å². The van der Waals surface area contributed by atoms with E-state index in [9.17, 15) is 13.2 Å². The number of amidine groups is 1. The number of carbonyl (C=O) groups is 1. The van der Waals surface area contributed by atoms with Gasteiger partial charge in [0.2, 0.25) is 0 Å². The molecule has 0 bridgehead atoms. The van der Waals surface area contributed by atoms with E-state index in [0.29, 0.717) is 30.8 Å². The fraction of sp³-hybridized carbons (Fsp3) is 0.292. The van der Waals surface area contributed by atoms with E-state index < -0.39 is 10.0 Å². The van der Waals surface area contributed by atoms with E-state index in [1.54, 1.807) is 24.3 Å². The third-order valence-electron chi connectivity index (χ3n) is 5.20. The van der Waals surface area contributed by atoms with Gasteiger partial charge in [0.05, 0.1) is 10.6 Å². The summed E-state index contributed by atoms with van der Waals surface area (Å²) in [5.41, 5.74) is 3.61. The van der Waals surface area contributed by atoms with Crippen LogP contribution in [0.3, 0.4) is 0 Å². The monoisotopic (exact) mass is 483 g/mol. The zero-order valence-electron chi connectivity index (χ0n) is 18.3. The Morgan fingerprint density at radius 2 is 1.88 bits per heavy atom. The first-order chi connectivity index (χ1) is 15.9. The molecule has 9 heteroatoms. The first kappa shape index (κ1) is 23.1. The van der Waals surface area contributed by atoms with Gasteiger partial charge in [0.1, 0.15) is 17.5 Å². The van der Waals surface area contributed by atoms with E-state index in [-0.39, 0.29) is 17.5 Å². The van der Waals surface area contributed by atoms with Crippen LogP contribution in [-0.2, 0) is 26.2 Å². The van der Waals surface area contributed by atoms with E-state index in [0.717, 1.165) is 29.1 Å². The van der Waals surface area contributed by atoms with Crippen molar-refractivity contribution < 1.29 is 17.9 Å². The molecule has 2 aromatic carbocycles. The first-order valence-electron chi connectivity index (χ1n) is 10.8. The van der Waals surface area contributed by atoms with Crippen LogP contribution in [0.4, 0.5) is 0 Å². The maximum absolute atomic E-state index is 12.1. The summed E-state index contributed by atoms with van der Waals surface area (Å²) in [6, 6.07) is 15.0. The van der Waals surface area contributed by atoms with Crippen LogP contribution in [0.25, 0.3) is 10.6 Å². The highest BCUT2D eigenvalue weighted by atomic mass is 32.2. The van der Waals surface area contributed by atoms with Crippen molar-refractivity contribution in [1.29, 1.82) is 0 Å². The van der Waals surface area contributed by atoms with Crippen LogP contribution >= 0.6 is 11.3 Å². The van der Waals surface area contributed by atoms with Crippen molar-refractivity contribution in [1.82, 2.24) is 9.71 Å². The second-order valence-corrected chi connectivity index (χ2v) is 10.3. The molecule has 0 unspecified atom stereocenters. The molecule has 2 heterocycles. The molecule has 0 atom stereocenters. The van der Waals surface area contributed by atoms with E-state index in [2.05, 4.69) is 14.7 Å². The number of esters is 1. The molecule has 1 aliphatic heterocycles. The highest BCUT2D eigenvalue weighted by molar-refractivity contribution is 7.90. The average molecular weight is 484 g/mol. The maximum Gasteiger partial charge on any atom is 0.306 e. The molecule has 0 radical (unpaired) electrons. The molecule has 0 saturated carbocycles. The summed E-state index contributed by atoms with van der Waals surface area (Å²) in [6.45, 7) is 2.71. The molecule has 33 heavy (non-hydrogen) atoms. The topological polar surface area (TPSA) is 97.7 Å². The molecule has 1 N–H and O–H groups in total. The van der Waals surface area contributed by atoms with Crippen molar-refractivity contribution in [3.05, 3.63) is 70.7 Å². The number of thiazole rings is 1. The van der Waals surface area contributed by atoms with Crippen LogP contribution in [0.15, 0.2) is 63.8 Å². The van der Waals surface area contributed by atoms with Gasteiger partial charge in [0.15, 0.2) is 0 Å². The van der Waals surface area contributed by atoms with Gasteiger partial charge in [-0.25, -0.2) is 13.4 Å². The fourth-order valence-electron chi connectivity index (χ4n) is 3.43. The second-order valence-electron chi connectivity index (χ2n) is 7.81. The summed E-state index contributed by atoms with van der Waals surface area (Å²) in [4.78, 5) is 21.2. The highest BCUT2D eigenvalue weighted by Gasteiger charge is 2.29. The third-order valence-corrected chi connectivity index (χ3v) is 7.54. The van der Waals surface area contributed by atoms with Gasteiger partial charge < -0.3 is 4.74 Å². The second kappa shape index (κ2) is 10.3. The molecule has 0 saturated heterocycles. The van der Waals surface area contributed by atoms with E-state index >= 15 is 0 Å². The number of nitrogens with one attached hydrogen (secondary N) is 1. The Balaban J connectivity index is 1.15. The van der Waals surface area contributed by atoms with Crippen LogP contribution in [0, 0.1) is 6.92 Å². The summed E-state index contributed by atoms with van der Waals surface area (Å²) in [5.74, 6) is 0.141. The Hall–Kier alpha value is -3.04. The van der Waals surface area contributed by atoms with Gasteiger partial charge in [-0.15, -0.1) is 11.3 Å². The lowest BCUT2D eigenvalue weighted by molar-refractivity contribution is -0.145. The number of carbonyl (C=O) groups excluding carboxylic acids is 1. The molecular weight excluding hydrogens is 458 g/mol. The Kier molecular flexibility index (Phi) is 7.20. The van der Waals surface area contributed by atoms with Crippen molar-refractivity contribution in [2.24, 2.45) is 4.99 Å². The molecule has 0 aliphatic carbocycles. The van der Waals surface area contributed by atoms with Gasteiger partial charge in [-0.05, 0) is 31.9 Å². The number of sulfonamides is 1. The lowest BCUT2D eigenvalue weighted by Gasteiger charge is -2.03. The molecule has 0 fully saturated rings. The zero-order chi connectivity index (χ0) is 23.3. The van der Waals surface area contributed by atoms with Crippen LogP contribution < -0.4 is 4.72 Å². The van der Waals surface area contributed by atoms with Crippen LogP contribution in [0.2, 0.25) is 0 Å². The number of nitrogens with zero attached hydrogens (tertiary/aromatic N) is 2. The van der Waals surface area contributed by atoms with Crippen molar-refractivity contribution in [3.8, 4) is 10.6 Å². The Morgan fingerprint density at radius 1 is 1.09 bits per heavy atom. The summed E-state index contributed by atoms with van der Waals surface area (Å²) in [7, 11) is -3.51. The van der Waals surface area contributed by atoms with Gasteiger partial charge in [-0.1, -0.05) is 48.4 Å². The predicted molar refractivity (Wildman–Crippen MR) is 129 cm³/mol. The largest absolute Gasteiger partial charge is 0.459 e. The van der Waals surface area contributed by atoms with Crippen molar-refractivity contribution in [2.75, 3.05) is 6.54 Å². The van der Waals surface area contributed by atoms with Gasteiger partial charge in [-0.3, -0.25) is 14.5 Å².